The van der Waals surface area contributed by atoms with Crippen LogP contribution in [0.15, 0.2) is 18.2 Å². The van der Waals surface area contributed by atoms with Crippen LogP contribution in [0.3, 0.4) is 0 Å². The van der Waals surface area contributed by atoms with Gasteiger partial charge in [0, 0.05) is 15.6 Å². The number of benzene rings is 1. The molecule has 0 aliphatic carbocycles. The van der Waals surface area contributed by atoms with Crippen LogP contribution < -0.4 is 5.32 Å². The second-order valence-electron chi connectivity index (χ2n) is 5.37. The molecule has 21 heavy (non-hydrogen) atoms. The lowest BCUT2D eigenvalue weighted by molar-refractivity contribution is 0.0515. The number of hydrogen-bond acceptors (Lipinski definition) is 2. The summed E-state index contributed by atoms with van der Waals surface area (Å²) >= 11 is 12.7. The van der Waals surface area contributed by atoms with Gasteiger partial charge < -0.3 is 5.32 Å². The van der Waals surface area contributed by atoms with Crippen molar-refractivity contribution >= 4 is 23.2 Å². The molecule has 0 fully saturated rings. The minimum atomic E-state index is 0.0343. The Kier molecular flexibility index (Phi) is 7.49. The van der Waals surface area contributed by atoms with E-state index in [1.54, 1.807) is 0 Å². The van der Waals surface area contributed by atoms with Crippen LogP contribution in [-0.4, -0.2) is 30.6 Å². The predicted molar refractivity (Wildman–Crippen MR) is 94.5 cm³/mol. The fraction of sp³-hybridized carbons (Fsp3) is 0.647. The van der Waals surface area contributed by atoms with E-state index in [9.17, 15) is 0 Å². The maximum Gasteiger partial charge on any atom is 0.0519 e. The van der Waals surface area contributed by atoms with Crippen molar-refractivity contribution in [3.8, 4) is 0 Å². The second kappa shape index (κ2) is 8.38. The van der Waals surface area contributed by atoms with Gasteiger partial charge in [0.2, 0.25) is 0 Å². The van der Waals surface area contributed by atoms with Gasteiger partial charge in [0.25, 0.3) is 0 Å². The molecule has 1 unspecified atom stereocenters. The highest BCUT2D eigenvalue weighted by atomic mass is 35.5. The Morgan fingerprint density at radius 2 is 1.67 bits per heavy atom. The van der Waals surface area contributed by atoms with Crippen LogP contribution in [0, 0.1) is 0 Å². The van der Waals surface area contributed by atoms with Crippen LogP contribution in [0.1, 0.15) is 52.1 Å². The summed E-state index contributed by atoms with van der Waals surface area (Å²) < 4.78 is 0. The Hall–Kier alpha value is -0.280. The lowest BCUT2D eigenvalue weighted by atomic mass is 9.79. The third-order valence-corrected chi connectivity index (χ3v) is 5.29. The largest absolute Gasteiger partial charge is 0.311 e. The molecule has 1 rings (SSSR count). The highest BCUT2D eigenvalue weighted by Crippen LogP contribution is 2.40. The van der Waals surface area contributed by atoms with Gasteiger partial charge in [-0.25, -0.2) is 0 Å². The molecule has 0 saturated heterocycles. The zero-order valence-corrected chi connectivity index (χ0v) is 15.4. The third-order valence-electron chi connectivity index (χ3n) is 4.71. The van der Waals surface area contributed by atoms with E-state index in [1.807, 2.05) is 25.2 Å². The molecule has 1 aromatic carbocycles. The maximum absolute atomic E-state index is 6.46. The maximum atomic E-state index is 6.46. The summed E-state index contributed by atoms with van der Waals surface area (Å²) in [6, 6.07) is 5.88. The molecule has 0 aliphatic heterocycles. The molecule has 0 bridgehead atoms. The molecule has 0 spiro atoms. The van der Waals surface area contributed by atoms with E-state index in [4.69, 9.17) is 23.2 Å². The lowest BCUT2D eigenvalue weighted by Crippen LogP contribution is -2.55. The minimum absolute atomic E-state index is 0.0343. The van der Waals surface area contributed by atoms with Crippen LogP contribution in [0.2, 0.25) is 10.0 Å². The molecular formula is C17H28Cl2N2. The number of rotatable bonds is 8. The highest BCUT2D eigenvalue weighted by Gasteiger charge is 2.40. The van der Waals surface area contributed by atoms with E-state index in [2.05, 4.69) is 37.9 Å². The molecule has 1 atom stereocenters. The molecule has 0 amide bonds. The van der Waals surface area contributed by atoms with Crippen LogP contribution in [-0.2, 0) is 0 Å². The zero-order valence-electron chi connectivity index (χ0n) is 13.8. The average Bonchev–Trinajstić information content (AvgIpc) is 2.50. The Labute approximate surface area is 139 Å². The summed E-state index contributed by atoms with van der Waals surface area (Å²) in [5, 5.41) is 5.00. The van der Waals surface area contributed by atoms with E-state index in [0.29, 0.717) is 0 Å². The molecule has 120 valence electrons. The van der Waals surface area contributed by atoms with Crippen LogP contribution >= 0.6 is 23.2 Å². The standard InChI is InChI=1S/C17H28Cl2N2/c1-6-17(7-2,21(8-3)9-4)16(20-5)14-12-13(18)10-11-15(14)19/h10-12,16,20H,6-9H2,1-5H3. The molecule has 1 aromatic rings. The van der Waals surface area contributed by atoms with Crippen LogP contribution in [0.25, 0.3) is 0 Å². The Bertz CT molecular complexity index is 440. The first-order valence-electron chi connectivity index (χ1n) is 7.87. The van der Waals surface area contributed by atoms with Gasteiger partial charge in [-0.2, -0.15) is 0 Å². The minimum Gasteiger partial charge on any atom is -0.311 e. The molecule has 0 saturated carbocycles. The SMILES string of the molecule is CCN(CC)C(CC)(CC)C(NC)c1cc(Cl)ccc1Cl. The van der Waals surface area contributed by atoms with Crippen molar-refractivity contribution in [3.05, 3.63) is 33.8 Å². The third kappa shape index (κ3) is 3.73. The average molecular weight is 331 g/mol. The molecule has 0 heterocycles. The Morgan fingerprint density at radius 1 is 1.10 bits per heavy atom. The van der Waals surface area contributed by atoms with Gasteiger partial charge in [0.05, 0.1) is 6.04 Å². The van der Waals surface area contributed by atoms with Gasteiger partial charge in [0.15, 0.2) is 0 Å². The van der Waals surface area contributed by atoms with Crippen molar-refractivity contribution in [3.63, 3.8) is 0 Å². The van der Waals surface area contributed by atoms with Crippen LogP contribution in [0.4, 0.5) is 0 Å². The Morgan fingerprint density at radius 3 is 2.10 bits per heavy atom. The summed E-state index contributed by atoms with van der Waals surface area (Å²) in [5.41, 5.74) is 1.12. The zero-order chi connectivity index (χ0) is 16.0. The van der Waals surface area contributed by atoms with Gasteiger partial charge in [-0.3, -0.25) is 4.90 Å². The summed E-state index contributed by atoms with van der Waals surface area (Å²) in [6.45, 7) is 11.0. The molecular weight excluding hydrogens is 303 g/mol. The topological polar surface area (TPSA) is 15.3 Å². The normalized spacial score (nSPS) is 13.7. The van der Waals surface area contributed by atoms with Crippen molar-refractivity contribution in [2.45, 2.75) is 52.1 Å². The van der Waals surface area contributed by atoms with Gasteiger partial charge in [-0.05, 0) is 56.7 Å². The van der Waals surface area contributed by atoms with E-state index < -0.39 is 0 Å². The van der Waals surface area contributed by atoms with Gasteiger partial charge >= 0.3 is 0 Å². The van der Waals surface area contributed by atoms with Crippen molar-refractivity contribution < 1.29 is 0 Å². The monoisotopic (exact) mass is 330 g/mol. The highest BCUT2D eigenvalue weighted by molar-refractivity contribution is 6.33. The second-order valence-corrected chi connectivity index (χ2v) is 6.21. The summed E-state index contributed by atoms with van der Waals surface area (Å²) in [5.74, 6) is 0. The van der Waals surface area contributed by atoms with E-state index >= 15 is 0 Å². The Balaban J connectivity index is 3.40. The van der Waals surface area contributed by atoms with Crippen molar-refractivity contribution in [2.24, 2.45) is 0 Å². The summed E-state index contributed by atoms with van der Waals surface area (Å²) in [4.78, 5) is 2.53. The first-order chi connectivity index (χ1) is 10.00. The van der Waals surface area contributed by atoms with E-state index in [1.165, 1.54) is 0 Å². The van der Waals surface area contributed by atoms with Crippen molar-refractivity contribution in [1.29, 1.82) is 0 Å². The van der Waals surface area contributed by atoms with Gasteiger partial charge in [-0.15, -0.1) is 0 Å². The molecule has 0 radical (unpaired) electrons. The lowest BCUT2D eigenvalue weighted by Gasteiger charge is -2.48. The summed E-state index contributed by atoms with van der Waals surface area (Å²) in [6.07, 6.45) is 2.11. The number of nitrogens with zero attached hydrogens (tertiary/aromatic N) is 1. The van der Waals surface area contributed by atoms with Crippen molar-refractivity contribution in [1.82, 2.24) is 10.2 Å². The molecule has 0 aromatic heterocycles. The number of likely N-dealkylation sites (N-methyl/N-ethyl adjacent to an activating group) is 2. The van der Waals surface area contributed by atoms with Crippen molar-refractivity contribution in [2.75, 3.05) is 20.1 Å². The molecule has 2 nitrogen and oxygen atoms in total. The van der Waals surface area contributed by atoms with Gasteiger partial charge in [0.1, 0.15) is 0 Å². The predicted octanol–water partition coefficient (Wildman–Crippen LogP) is 5.15. The first kappa shape index (κ1) is 18.8. The van der Waals surface area contributed by atoms with Gasteiger partial charge in [-0.1, -0.05) is 50.9 Å². The number of nitrogens with one attached hydrogen (secondary N) is 1. The van der Waals surface area contributed by atoms with E-state index in [0.717, 1.165) is 41.5 Å². The number of halogens is 2. The van der Waals surface area contributed by atoms with E-state index in [-0.39, 0.29) is 11.6 Å². The molecule has 1 N–H and O–H groups in total. The molecule has 0 aliphatic rings. The fourth-order valence-electron chi connectivity index (χ4n) is 3.59. The quantitative estimate of drug-likeness (QED) is 0.708. The molecule has 4 heteroatoms. The first-order valence-corrected chi connectivity index (χ1v) is 8.63. The smallest absolute Gasteiger partial charge is 0.0519 e. The van der Waals surface area contributed by atoms with Crippen LogP contribution in [0.5, 0.6) is 0 Å². The number of hydrogen-bond donors (Lipinski definition) is 1. The fourth-order valence-corrected chi connectivity index (χ4v) is 4.00. The summed E-state index contributed by atoms with van der Waals surface area (Å²) in [7, 11) is 2.01.